The summed E-state index contributed by atoms with van der Waals surface area (Å²) in [6, 6.07) is 14.9. The van der Waals surface area contributed by atoms with Crippen molar-refractivity contribution in [2.45, 2.75) is 6.92 Å². The fourth-order valence-electron chi connectivity index (χ4n) is 2.18. The highest BCUT2D eigenvalue weighted by molar-refractivity contribution is 6.30. The van der Waals surface area contributed by atoms with Crippen LogP contribution in [0.1, 0.15) is 11.5 Å². The lowest BCUT2D eigenvalue weighted by Gasteiger charge is -2.08. The summed E-state index contributed by atoms with van der Waals surface area (Å²) in [6.45, 7) is 1.77. The van der Waals surface area contributed by atoms with Crippen molar-refractivity contribution in [2.24, 2.45) is 0 Å². The molecule has 1 heterocycles. The van der Waals surface area contributed by atoms with Gasteiger partial charge >= 0.3 is 0 Å². The fraction of sp³-hybridized carbons (Fsp3) is 0.0526. The summed E-state index contributed by atoms with van der Waals surface area (Å²) in [4.78, 5) is 12.7. The molecule has 0 bridgehead atoms. The number of aromatic nitrogens is 1. The van der Waals surface area contributed by atoms with Gasteiger partial charge in [-0.3, -0.25) is 4.79 Å². The van der Waals surface area contributed by atoms with Crippen LogP contribution in [0, 0.1) is 6.92 Å². The molecule has 0 radical (unpaired) electrons. The van der Waals surface area contributed by atoms with E-state index in [0.717, 1.165) is 0 Å². The van der Waals surface area contributed by atoms with Gasteiger partial charge in [0.1, 0.15) is 11.3 Å². The van der Waals surface area contributed by atoms with E-state index in [-0.39, 0.29) is 17.2 Å². The molecule has 0 saturated carbocycles. The summed E-state index contributed by atoms with van der Waals surface area (Å²) in [6.07, 6.45) is 1.53. The summed E-state index contributed by atoms with van der Waals surface area (Å²) >= 11 is 5.86. The maximum Gasteiger partial charge on any atom is 0.261 e. The highest BCUT2D eigenvalue weighted by Crippen LogP contribution is 2.21. The molecule has 1 amide bonds. The van der Waals surface area contributed by atoms with Gasteiger partial charge in [-0.05, 0) is 55.5 Å². The molecule has 132 valence electrons. The van der Waals surface area contributed by atoms with E-state index in [2.05, 4.69) is 15.8 Å². The zero-order valence-corrected chi connectivity index (χ0v) is 14.6. The van der Waals surface area contributed by atoms with Gasteiger partial charge in [0, 0.05) is 28.7 Å². The van der Waals surface area contributed by atoms with Crippen LogP contribution in [-0.4, -0.2) is 16.2 Å². The lowest BCUT2D eigenvalue weighted by molar-refractivity contribution is -0.111. The number of benzene rings is 2. The standard InChI is InChI=1S/C19H16ClN3O3/c1-12-10-18(26-23-12)17(11-21-14-6-8-16(24)9-7-14)19(25)22-15-4-2-13(20)3-5-15/h2-11,21,24H,1H3,(H,22,25)/b17-11+. The smallest absolute Gasteiger partial charge is 0.261 e. The van der Waals surface area contributed by atoms with Gasteiger partial charge in [-0.15, -0.1) is 0 Å². The van der Waals surface area contributed by atoms with Crippen molar-refractivity contribution in [1.82, 2.24) is 5.16 Å². The largest absolute Gasteiger partial charge is 0.508 e. The maximum absolute atomic E-state index is 12.7. The third-order valence-electron chi connectivity index (χ3n) is 3.49. The molecule has 7 heteroatoms. The first-order valence-corrected chi connectivity index (χ1v) is 8.15. The van der Waals surface area contributed by atoms with Crippen LogP contribution in [0.5, 0.6) is 5.75 Å². The number of hydrogen-bond acceptors (Lipinski definition) is 5. The Labute approximate surface area is 155 Å². The molecule has 0 saturated heterocycles. The van der Waals surface area contributed by atoms with E-state index < -0.39 is 0 Å². The normalized spacial score (nSPS) is 11.2. The first kappa shape index (κ1) is 17.6. The van der Waals surface area contributed by atoms with E-state index in [0.29, 0.717) is 27.9 Å². The van der Waals surface area contributed by atoms with E-state index in [1.165, 1.54) is 6.20 Å². The molecular formula is C19H16ClN3O3. The lowest BCUT2D eigenvalue weighted by atomic mass is 10.2. The molecule has 0 aliphatic heterocycles. The minimum Gasteiger partial charge on any atom is -0.508 e. The molecular weight excluding hydrogens is 354 g/mol. The second kappa shape index (κ2) is 7.76. The number of amides is 1. The minimum absolute atomic E-state index is 0.158. The molecule has 0 fully saturated rings. The van der Waals surface area contributed by atoms with Gasteiger partial charge in [-0.1, -0.05) is 16.8 Å². The van der Waals surface area contributed by atoms with E-state index >= 15 is 0 Å². The monoisotopic (exact) mass is 369 g/mol. The Hall–Kier alpha value is -3.25. The summed E-state index contributed by atoms with van der Waals surface area (Å²) in [5.74, 6) is 0.126. The van der Waals surface area contributed by atoms with Crippen molar-refractivity contribution in [3.8, 4) is 5.75 Å². The van der Waals surface area contributed by atoms with Gasteiger partial charge in [0.05, 0.1) is 5.69 Å². The second-order valence-corrected chi connectivity index (χ2v) is 5.98. The van der Waals surface area contributed by atoms with Crippen LogP contribution in [0.15, 0.2) is 65.3 Å². The second-order valence-electron chi connectivity index (χ2n) is 5.54. The lowest BCUT2D eigenvalue weighted by Crippen LogP contribution is -2.14. The summed E-state index contributed by atoms with van der Waals surface area (Å²) < 4.78 is 5.23. The maximum atomic E-state index is 12.7. The number of halogens is 1. The Morgan fingerprint density at radius 1 is 1.12 bits per heavy atom. The van der Waals surface area contributed by atoms with Crippen LogP contribution < -0.4 is 10.6 Å². The van der Waals surface area contributed by atoms with Crippen molar-refractivity contribution < 1.29 is 14.4 Å². The number of phenolic OH excluding ortho intramolecular Hbond substituents is 1. The summed E-state index contributed by atoms with van der Waals surface area (Å²) in [5, 5.41) is 19.6. The zero-order valence-electron chi connectivity index (χ0n) is 13.9. The number of aromatic hydroxyl groups is 1. The third-order valence-corrected chi connectivity index (χ3v) is 3.74. The van der Waals surface area contributed by atoms with Crippen molar-refractivity contribution in [3.63, 3.8) is 0 Å². The molecule has 0 aliphatic rings. The predicted molar refractivity (Wildman–Crippen MR) is 101 cm³/mol. The average molecular weight is 370 g/mol. The number of carbonyl (C=O) groups excluding carboxylic acids is 1. The molecule has 1 aromatic heterocycles. The van der Waals surface area contributed by atoms with Gasteiger partial charge in [-0.25, -0.2) is 0 Å². The highest BCUT2D eigenvalue weighted by atomic mass is 35.5. The minimum atomic E-state index is -0.366. The van der Waals surface area contributed by atoms with Gasteiger partial charge in [0.15, 0.2) is 5.76 Å². The van der Waals surface area contributed by atoms with E-state index in [9.17, 15) is 9.90 Å². The Morgan fingerprint density at radius 3 is 2.38 bits per heavy atom. The Kier molecular flexibility index (Phi) is 5.24. The van der Waals surface area contributed by atoms with Crippen molar-refractivity contribution in [1.29, 1.82) is 0 Å². The first-order chi connectivity index (χ1) is 12.5. The quantitative estimate of drug-likeness (QED) is 0.457. The van der Waals surface area contributed by atoms with Crippen LogP contribution in [0.3, 0.4) is 0 Å². The third kappa shape index (κ3) is 4.43. The number of aryl methyl sites for hydroxylation is 1. The van der Waals surface area contributed by atoms with Crippen LogP contribution >= 0.6 is 11.6 Å². The van der Waals surface area contributed by atoms with E-state index in [4.69, 9.17) is 16.1 Å². The fourth-order valence-corrected chi connectivity index (χ4v) is 2.31. The molecule has 6 nitrogen and oxygen atoms in total. The Morgan fingerprint density at radius 2 is 1.77 bits per heavy atom. The SMILES string of the molecule is Cc1cc(/C(=C\Nc2ccc(O)cc2)C(=O)Nc2ccc(Cl)cc2)on1. The van der Waals surface area contributed by atoms with Crippen molar-refractivity contribution in [3.05, 3.63) is 77.3 Å². The Bertz CT molecular complexity index is 931. The number of hydrogen-bond donors (Lipinski definition) is 3. The molecule has 0 spiro atoms. The topological polar surface area (TPSA) is 87.4 Å². The number of nitrogens with one attached hydrogen (secondary N) is 2. The van der Waals surface area contributed by atoms with Crippen molar-refractivity contribution in [2.75, 3.05) is 10.6 Å². The van der Waals surface area contributed by atoms with Gasteiger partial charge in [0.25, 0.3) is 5.91 Å². The molecule has 3 rings (SSSR count). The van der Waals surface area contributed by atoms with Crippen LogP contribution in [0.2, 0.25) is 5.02 Å². The number of nitrogens with zero attached hydrogens (tertiary/aromatic N) is 1. The molecule has 0 atom stereocenters. The molecule has 26 heavy (non-hydrogen) atoms. The van der Waals surface area contributed by atoms with E-state index in [1.54, 1.807) is 61.5 Å². The molecule has 3 aromatic rings. The average Bonchev–Trinajstić information content (AvgIpc) is 3.05. The Balaban J connectivity index is 1.84. The number of carbonyl (C=O) groups is 1. The summed E-state index contributed by atoms with van der Waals surface area (Å²) in [5.41, 5.74) is 2.24. The van der Waals surface area contributed by atoms with Crippen LogP contribution in [0.4, 0.5) is 11.4 Å². The molecule has 3 N–H and O–H groups in total. The zero-order chi connectivity index (χ0) is 18.5. The number of phenols is 1. The highest BCUT2D eigenvalue weighted by Gasteiger charge is 2.17. The van der Waals surface area contributed by atoms with E-state index in [1.807, 2.05) is 0 Å². The first-order valence-electron chi connectivity index (χ1n) is 7.77. The van der Waals surface area contributed by atoms with Gasteiger partial charge in [0.2, 0.25) is 0 Å². The number of anilines is 2. The molecule has 0 aliphatic carbocycles. The van der Waals surface area contributed by atoms with Crippen LogP contribution in [-0.2, 0) is 4.79 Å². The number of rotatable bonds is 5. The van der Waals surface area contributed by atoms with Gasteiger partial charge < -0.3 is 20.3 Å². The van der Waals surface area contributed by atoms with Crippen LogP contribution in [0.25, 0.3) is 5.57 Å². The van der Waals surface area contributed by atoms with Gasteiger partial charge in [-0.2, -0.15) is 0 Å². The predicted octanol–water partition coefficient (Wildman–Crippen LogP) is 4.43. The van der Waals surface area contributed by atoms with Crippen molar-refractivity contribution >= 4 is 34.5 Å². The molecule has 0 unspecified atom stereocenters. The summed E-state index contributed by atoms with van der Waals surface area (Å²) in [7, 11) is 0. The molecule has 2 aromatic carbocycles.